The number of nitrogens with two attached hydrogens (primary N) is 2. The Kier molecular flexibility index (Phi) is 16.3. The average molecular weight is 613 g/mol. The first kappa shape index (κ1) is 36.4. The quantitative estimate of drug-likeness (QED) is 0.124. The van der Waals surface area contributed by atoms with Crippen LogP contribution in [0.15, 0.2) is 78.1 Å². The van der Waals surface area contributed by atoms with Gasteiger partial charge in [0.1, 0.15) is 17.8 Å². The van der Waals surface area contributed by atoms with Crippen molar-refractivity contribution < 1.29 is 18.8 Å². The van der Waals surface area contributed by atoms with Gasteiger partial charge in [-0.2, -0.15) is 0 Å². The van der Waals surface area contributed by atoms with Gasteiger partial charge in [0.25, 0.3) is 0 Å². The summed E-state index contributed by atoms with van der Waals surface area (Å²) in [6.45, 7) is 1.13. The Balaban J connectivity index is 0.000000240. The summed E-state index contributed by atoms with van der Waals surface area (Å²) in [5.74, 6) is 5.31. The van der Waals surface area contributed by atoms with Crippen molar-refractivity contribution in [1.29, 1.82) is 0 Å². The number of allylic oxidation sites excluding steroid dienone is 1. The maximum absolute atomic E-state index is 13.9. The molecule has 2 aromatic carbocycles. The molecule has 0 radical (unpaired) electrons. The molecule has 1 aromatic heterocycles. The lowest BCUT2D eigenvalue weighted by molar-refractivity contribution is -0.122. The van der Waals surface area contributed by atoms with Crippen molar-refractivity contribution >= 4 is 30.6 Å². The van der Waals surface area contributed by atoms with Crippen LogP contribution in [0.3, 0.4) is 0 Å². The number of aldehydes is 3. The van der Waals surface area contributed by atoms with E-state index in [9.17, 15) is 9.18 Å². The van der Waals surface area contributed by atoms with E-state index in [1.54, 1.807) is 18.5 Å². The lowest BCUT2D eigenvalue weighted by Crippen LogP contribution is -2.24. The average Bonchev–Trinajstić information content (AvgIpc) is 4.02. The highest BCUT2D eigenvalue weighted by Gasteiger charge is 2.43. The highest BCUT2D eigenvalue weighted by atomic mass is 19.1. The normalized spacial score (nSPS) is 14.1. The van der Waals surface area contributed by atoms with Gasteiger partial charge in [-0.25, -0.2) is 9.37 Å². The molecule has 3 aromatic rings. The molecule has 1 heterocycles. The topological polar surface area (TPSA) is 153 Å². The SMILES string of the molecule is CNC1(c2cc(F)cc(/C(C=NC3CC3)=C/N)c2)CC1.CNCc1ccccc1C=O.NCC#Cc1ccccn1.O=CC=O. The van der Waals surface area contributed by atoms with Crippen LogP contribution in [0.4, 0.5) is 4.39 Å². The molecule has 10 heteroatoms. The molecule has 0 aliphatic heterocycles. The summed E-state index contributed by atoms with van der Waals surface area (Å²) in [5.41, 5.74) is 16.0. The van der Waals surface area contributed by atoms with Crippen LogP contribution < -0.4 is 22.1 Å². The smallest absolute Gasteiger partial charge is 0.182 e. The van der Waals surface area contributed by atoms with Crippen molar-refractivity contribution in [3.05, 3.63) is 107 Å². The van der Waals surface area contributed by atoms with Gasteiger partial charge < -0.3 is 22.1 Å². The minimum absolute atomic E-state index is 0.0514. The van der Waals surface area contributed by atoms with Gasteiger partial charge in [-0.1, -0.05) is 36.3 Å². The van der Waals surface area contributed by atoms with Gasteiger partial charge >= 0.3 is 0 Å². The van der Waals surface area contributed by atoms with Crippen molar-refractivity contribution in [2.75, 3.05) is 20.6 Å². The van der Waals surface area contributed by atoms with Gasteiger partial charge in [0.2, 0.25) is 0 Å². The Morgan fingerprint density at radius 2 is 1.78 bits per heavy atom. The van der Waals surface area contributed by atoms with Crippen LogP contribution in [-0.4, -0.2) is 56.7 Å². The van der Waals surface area contributed by atoms with Crippen molar-refractivity contribution in [3.63, 3.8) is 0 Å². The van der Waals surface area contributed by atoms with Crippen LogP contribution >= 0.6 is 0 Å². The van der Waals surface area contributed by atoms with Crippen molar-refractivity contribution in [2.45, 2.75) is 43.8 Å². The fraction of sp³-hybridized carbons (Fsp3) is 0.286. The number of nitrogens with zero attached hydrogens (tertiary/aromatic N) is 2. The van der Waals surface area contributed by atoms with E-state index in [0.717, 1.165) is 72.0 Å². The Bertz CT molecular complexity index is 1480. The monoisotopic (exact) mass is 612 g/mol. The largest absolute Gasteiger partial charge is 0.404 e. The third-order valence-electron chi connectivity index (χ3n) is 6.75. The maximum Gasteiger partial charge on any atom is 0.182 e. The van der Waals surface area contributed by atoms with Crippen molar-refractivity contribution in [1.82, 2.24) is 15.6 Å². The molecule has 0 spiro atoms. The lowest BCUT2D eigenvalue weighted by atomic mass is 9.98. The van der Waals surface area contributed by atoms with Crippen LogP contribution in [0.25, 0.3) is 5.57 Å². The zero-order chi connectivity index (χ0) is 32.9. The van der Waals surface area contributed by atoms with E-state index in [1.807, 2.05) is 62.6 Å². The number of carbonyl (C=O) groups excluding carboxylic acids is 3. The number of aliphatic imine (C=N–C) groups is 1. The molecule has 0 atom stereocenters. The molecule has 0 unspecified atom stereocenters. The molecule has 2 fully saturated rings. The zero-order valence-corrected chi connectivity index (χ0v) is 25.7. The van der Waals surface area contributed by atoms with Crippen LogP contribution in [0.2, 0.25) is 0 Å². The molecule has 2 saturated carbocycles. The summed E-state index contributed by atoms with van der Waals surface area (Å²) in [6, 6.07) is 18.7. The third kappa shape index (κ3) is 13.1. The van der Waals surface area contributed by atoms with Crippen molar-refractivity contribution in [2.24, 2.45) is 16.5 Å². The number of benzene rings is 2. The number of carbonyl (C=O) groups is 3. The highest BCUT2D eigenvalue weighted by molar-refractivity contribution is 6.10. The van der Waals surface area contributed by atoms with Gasteiger partial charge in [-0.3, -0.25) is 19.4 Å². The summed E-state index contributed by atoms with van der Waals surface area (Å²) in [5, 5.41) is 6.29. The summed E-state index contributed by atoms with van der Waals surface area (Å²) in [4.78, 5) is 36.5. The van der Waals surface area contributed by atoms with Crippen LogP contribution in [0.1, 0.15) is 58.4 Å². The lowest BCUT2D eigenvalue weighted by Gasteiger charge is -2.16. The van der Waals surface area contributed by atoms with E-state index in [-0.39, 0.29) is 23.9 Å². The molecule has 2 aliphatic rings. The second kappa shape index (κ2) is 20.2. The van der Waals surface area contributed by atoms with Gasteiger partial charge in [-0.05, 0) is 92.7 Å². The molecule has 0 amide bonds. The summed E-state index contributed by atoms with van der Waals surface area (Å²) in [6.07, 6.45) is 10.6. The van der Waals surface area contributed by atoms with E-state index in [2.05, 4.69) is 32.5 Å². The number of rotatable bonds is 9. The van der Waals surface area contributed by atoms with Crippen LogP contribution in [-0.2, 0) is 21.7 Å². The standard InChI is InChI=1S/C16H20FN3.C9H11NO.C8H8N2.C2H2O2/c1-19-16(4-5-16)13-6-11(7-14(17)8-13)12(9-18)10-20-15-2-3-15;1-10-6-8-4-2-3-5-9(8)7-11;9-6-3-5-8-4-1-2-7-10-8;3-1-2-4/h6-10,15,19H,2-5,18H2,1H3;2-5,7,10H,6H2,1H3;1-2,4,7H,6,9H2;1-2H/b12-9+,20-10?;;;. The van der Waals surface area contributed by atoms with E-state index in [1.165, 1.54) is 12.3 Å². The molecular weight excluding hydrogens is 571 g/mol. The second-order valence-electron chi connectivity index (χ2n) is 10.0. The first-order chi connectivity index (χ1) is 21.9. The van der Waals surface area contributed by atoms with E-state index in [4.69, 9.17) is 21.1 Å². The maximum atomic E-state index is 13.9. The number of nitrogens with one attached hydrogen (secondary N) is 2. The Labute approximate surface area is 264 Å². The fourth-order valence-corrected chi connectivity index (χ4v) is 4.04. The zero-order valence-electron chi connectivity index (χ0n) is 25.7. The van der Waals surface area contributed by atoms with Gasteiger partial charge in [0.15, 0.2) is 12.6 Å². The molecule has 6 N–H and O–H groups in total. The minimum atomic E-state index is -0.224. The summed E-state index contributed by atoms with van der Waals surface area (Å²) in [7, 11) is 3.79. The Morgan fingerprint density at radius 3 is 2.31 bits per heavy atom. The number of hydrogen-bond donors (Lipinski definition) is 4. The van der Waals surface area contributed by atoms with E-state index < -0.39 is 0 Å². The number of aromatic nitrogens is 1. The number of pyridine rings is 1. The molecule has 0 saturated heterocycles. The molecule has 0 bridgehead atoms. The summed E-state index contributed by atoms with van der Waals surface area (Å²) < 4.78 is 13.9. The fourth-order valence-electron chi connectivity index (χ4n) is 4.04. The molecule has 5 rings (SSSR count). The van der Waals surface area contributed by atoms with Crippen molar-refractivity contribution in [3.8, 4) is 11.8 Å². The first-order valence-corrected chi connectivity index (χ1v) is 14.5. The van der Waals surface area contributed by atoms with E-state index in [0.29, 0.717) is 12.6 Å². The third-order valence-corrected chi connectivity index (χ3v) is 6.75. The van der Waals surface area contributed by atoms with Gasteiger partial charge in [0, 0.05) is 41.8 Å². The minimum Gasteiger partial charge on any atom is -0.404 e. The van der Waals surface area contributed by atoms with E-state index >= 15 is 0 Å². The predicted octanol–water partition coefficient (Wildman–Crippen LogP) is 3.56. The Morgan fingerprint density at radius 1 is 1.07 bits per heavy atom. The van der Waals surface area contributed by atoms with Crippen LogP contribution in [0, 0.1) is 17.7 Å². The second-order valence-corrected chi connectivity index (χ2v) is 10.0. The highest BCUT2D eigenvalue weighted by Crippen LogP contribution is 2.45. The number of halogens is 1. The molecule has 45 heavy (non-hydrogen) atoms. The molecular formula is C35H41FN6O3. The van der Waals surface area contributed by atoms with Gasteiger partial charge in [-0.15, -0.1) is 0 Å². The van der Waals surface area contributed by atoms with Crippen LogP contribution in [0.5, 0.6) is 0 Å². The number of hydrogen-bond acceptors (Lipinski definition) is 9. The first-order valence-electron chi connectivity index (χ1n) is 14.5. The summed E-state index contributed by atoms with van der Waals surface area (Å²) >= 11 is 0. The molecule has 9 nitrogen and oxygen atoms in total. The molecule has 236 valence electrons. The predicted molar refractivity (Wildman–Crippen MR) is 177 cm³/mol. The Hall–Kier alpha value is -4.82. The van der Waals surface area contributed by atoms with Gasteiger partial charge in [0.05, 0.1) is 12.6 Å². The molecule has 2 aliphatic carbocycles.